The largest absolute Gasteiger partial charge is 0.394 e. The lowest BCUT2D eigenvalue weighted by molar-refractivity contribution is -0.389. The van der Waals surface area contributed by atoms with E-state index < -0.39 is 235 Å². The monoisotopic (exact) mass is 1100 g/mol. The van der Waals surface area contributed by atoms with Gasteiger partial charge in [-0.25, -0.2) is 0 Å². The lowest BCUT2D eigenvalue weighted by Crippen LogP contribution is -2.71. The molecule has 6 rings (SSSR count). The number of hydrogen-bond donors (Lipinski definition) is 19. The van der Waals surface area contributed by atoms with Crippen LogP contribution in [-0.4, -0.2) is 317 Å². The van der Waals surface area contributed by atoms with E-state index in [0.717, 1.165) is 20.8 Å². The van der Waals surface area contributed by atoms with Crippen LogP contribution in [0.4, 0.5) is 0 Å². The molecule has 6 aliphatic heterocycles. The van der Waals surface area contributed by atoms with E-state index in [0.29, 0.717) is 0 Å². The van der Waals surface area contributed by atoms with Crippen molar-refractivity contribution in [1.82, 2.24) is 16.0 Å². The highest BCUT2D eigenvalue weighted by Crippen LogP contribution is 2.37. The molecule has 6 saturated heterocycles. The number of amides is 3. The normalized spacial score (nSPS) is 48.6. The molecule has 0 unspecified atom stereocenters. The second-order valence-electron chi connectivity index (χ2n) is 18.9. The second kappa shape index (κ2) is 26.5. The molecular formula is C42H71N3O30. The first-order chi connectivity index (χ1) is 35.4. The maximum absolute atomic E-state index is 12.9. The molecule has 30 atom stereocenters. The molecule has 3 amide bonds. The molecule has 0 aromatic heterocycles. The predicted molar refractivity (Wildman–Crippen MR) is 233 cm³/mol. The molecule has 0 aromatic rings. The van der Waals surface area contributed by atoms with Crippen LogP contribution in [0, 0.1) is 0 Å². The molecule has 6 heterocycles. The number of carbonyl (C=O) groups excluding carboxylic acids is 3. The molecule has 75 heavy (non-hydrogen) atoms. The van der Waals surface area contributed by atoms with Crippen LogP contribution in [0.3, 0.4) is 0 Å². The van der Waals surface area contributed by atoms with E-state index >= 15 is 0 Å². The standard InChI is InChI=1S/C42H71N3O30/c1-10-22(54)28(60)30(62)40(65-10)75-36-29(61)23(55)14(5-46)70-42(36)73-34-21(45-13(4)53)39(68-17(8-49)26(34)58)74-35-27(59)18(9-50)69-41(31(35)63)72-33-20(44-12(3)52)38(67-16(7-48)25(33)57)71-32-19(43-11(2)51)37(64)66-15(6-47)24(32)56/h10,14-42,46-50,54-64H,5-9H2,1-4H3,(H,43,51)(H,44,52)(H,45,53)/t10-,14+,15+,16+,17+,18+,19+,20+,21+,22+,23-,24-,25+,26+,27-,28+,29-,30-,31+,32+,33+,34+,35-,36+,37-,38-,39-,40-,41-,42-/m0/s1. The highest BCUT2D eigenvalue weighted by molar-refractivity contribution is 5.74. The van der Waals surface area contributed by atoms with Gasteiger partial charge in [-0.05, 0) is 6.92 Å². The molecule has 0 radical (unpaired) electrons. The van der Waals surface area contributed by atoms with Crippen LogP contribution < -0.4 is 16.0 Å². The number of aliphatic hydroxyl groups is 16. The van der Waals surface area contributed by atoms with Gasteiger partial charge in [0.1, 0.15) is 140 Å². The summed E-state index contributed by atoms with van der Waals surface area (Å²) in [5.41, 5.74) is 0. The minimum atomic E-state index is -2.27. The summed E-state index contributed by atoms with van der Waals surface area (Å²) in [6.07, 6.45) is -50.6. The van der Waals surface area contributed by atoms with E-state index in [4.69, 9.17) is 52.1 Å². The molecular weight excluding hydrogens is 1030 g/mol. The van der Waals surface area contributed by atoms with Crippen molar-refractivity contribution in [3.05, 3.63) is 0 Å². The van der Waals surface area contributed by atoms with Gasteiger partial charge in [-0.3, -0.25) is 14.4 Å². The number of carbonyl (C=O) groups is 3. The Morgan fingerprint density at radius 1 is 0.347 bits per heavy atom. The zero-order valence-electron chi connectivity index (χ0n) is 40.7. The van der Waals surface area contributed by atoms with E-state index in [-0.39, 0.29) is 0 Å². The summed E-state index contributed by atoms with van der Waals surface area (Å²) in [7, 11) is 0. The molecule has 33 heteroatoms. The molecule has 19 N–H and O–H groups in total. The van der Waals surface area contributed by atoms with Crippen molar-refractivity contribution in [3.8, 4) is 0 Å². The van der Waals surface area contributed by atoms with Crippen LogP contribution in [0.15, 0.2) is 0 Å². The van der Waals surface area contributed by atoms with Crippen LogP contribution in [0.5, 0.6) is 0 Å². The van der Waals surface area contributed by atoms with Gasteiger partial charge in [0.05, 0.1) is 39.1 Å². The van der Waals surface area contributed by atoms with E-state index in [9.17, 15) is 96.1 Å². The van der Waals surface area contributed by atoms with Gasteiger partial charge < -0.3 is 150 Å². The lowest BCUT2D eigenvalue weighted by Gasteiger charge is -2.51. The molecule has 0 saturated carbocycles. The first kappa shape index (κ1) is 61.5. The number of hydrogen-bond acceptors (Lipinski definition) is 30. The Kier molecular flexibility index (Phi) is 21.8. The Morgan fingerprint density at radius 2 is 0.680 bits per heavy atom. The second-order valence-corrected chi connectivity index (χ2v) is 18.9. The van der Waals surface area contributed by atoms with Gasteiger partial charge in [0, 0.05) is 20.8 Å². The molecule has 0 spiro atoms. The van der Waals surface area contributed by atoms with Gasteiger partial charge >= 0.3 is 0 Å². The van der Waals surface area contributed by atoms with Crippen molar-refractivity contribution in [2.24, 2.45) is 0 Å². The van der Waals surface area contributed by atoms with Crippen LogP contribution in [-0.2, 0) is 66.5 Å². The lowest BCUT2D eigenvalue weighted by atomic mass is 9.93. The fourth-order valence-electron chi connectivity index (χ4n) is 9.64. The minimum absolute atomic E-state index is 0.743. The zero-order valence-corrected chi connectivity index (χ0v) is 40.7. The quantitative estimate of drug-likeness (QED) is 0.0606. The van der Waals surface area contributed by atoms with Crippen molar-refractivity contribution in [2.75, 3.05) is 33.0 Å². The Balaban J connectivity index is 1.30. The fraction of sp³-hybridized carbons (Fsp3) is 0.929. The highest BCUT2D eigenvalue weighted by Gasteiger charge is 2.58. The van der Waals surface area contributed by atoms with Crippen LogP contribution in [0.1, 0.15) is 27.7 Å². The summed E-state index contributed by atoms with van der Waals surface area (Å²) >= 11 is 0. The Hall–Kier alpha value is -2.67. The molecule has 0 aromatic carbocycles. The summed E-state index contributed by atoms with van der Waals surface area (Å²) in [6.45, 7) is -0.534. The smallest absolute Gasteiger partial charge is 0.217 e. The van der Waals surface area contributed by atoms with Gasteiger partial charge in [0.15, 0.2) is 37.7 Å². The van der Waals surface area contributed by atoms with Crippen LogP contribution in [0.2, 0.25) is 0 Å². The maximum atomic E-state index is 12.9. The van der Waals surface area contributed by atoms with Gasteiger partial charge in [0.2, 0.25) is 17.7 Å². The predicted octanol–water partition coefficient (Wildman–Crippen LogP) is -12.6. The van der Waals surface area contributed by atoms with Crippen LogP contribution >= 0.6 is 0 Å². The van der Waals surface area contributed by atoms with Crippen molar-refractivity contribution < 1.29 is 148 Å². The summed E-state index contributed by atoms with van der Waals surface area (Å²) in [6, 6.07) is -5.13. The zero-order chi connectivity index (χ0) is 55.5. The van der Waals surface area contributed by atoms with E-state index in [2.05, 4.69) is 16.0 Å². The first-order valence-corrected chi connectivity index (χ1v) is 24.0. The minimum Gasteiger partial charge on any atom is -0.394 e. The van der Waals surface area contributed by atoms with Crippen LogP contribution in [0.25, 0.3) is 0 Å². The summed E-state index contributed by atoms with van der Waals surface area (Å²) in [5, 5.41) is 180. The summed E-state index contributed by atoms with van der Waals surface area (Å²) in [4.78, 5) is 37.8. The number of rotatable bonds is 18. The van der Waals surface area contributed by atoms with Gasteiger partial charge in [-0.15, -0.1) is 0 Å². The Bertz CT molecular complexity index is 1850. The fourth-order valence-corrected chi connectivity index (χ4v) is 9.64. The van der Waals surface area contributed by atoms with Crippen molar-refractivity contribution in [3.63, 3.8) is 0 Å². The third kappa shape index (κ3) is 13.5. The molecule has 0 aliphatic carbocycles. The van der Waals surface area contributed by atoms with Crippen molar-refractivity contribution >= 4 is 17.7 Å². The topological polar surface area (TPSA) is 513 Å². The van der Waals surface area contributed by atoms with Crippen molar-refractivity contribution in [2.45, 2.75) is 212 Å². The van der Waals surface area contributed by atoms with E-state index in [1.54, 1.807) is 0 Å². The molecule has 33 nitrogen and oxygen atoms in total. The molecule has 0 bridgehead atoms. The maximum Gasteiger partial charge on any atom is 0.217 e. The van der Waals surface area contributed by atoms with E-state index in [1.165, 1.54) is 6.92 Å². The van der Waals surface area contributed by atoms with Gasteiger partial charge in [-0.1, -0.05) is 0 Å². The van der Waals surface area contributed by atoms with Gasteiger partial charge in [-0.2, -0.15) is 0 Å². The number of nitrogens with one attached hydrogen (secondary N) is 3. The first-order valence-electron chi connectivity index (χ1n) is 24.0. The molecule has 6 aliphatic rings. The summed E-state index contributed by atoms with van der Waals surface area (Å²) in [5.74, 6) is -2.46. The molecule has 6 fully saturated rings. The summed E-state index contributed by atoms with van der Waals surface area (Å²) < 4.78 is 63.9. The average molecular weight is 1100 g/mol. The highest BCUT2D eigenvalue weighted by atomic mass is 16.8. The Morgan fingerprint density at radius 3 is 1.15 bits per heavy atom. The van der Waals surface area contributed by atoms with Crippen molar-refractivity contribution in [1.29, 1.82) is 0 Å². The molecule has 434 valence electrons. The van der Waals surface area contributed by atoms with Gasteiger partial charge in [0.25, 0.3) is 0 Å². The SMILES string of the molecule is CC(=O)N[C@@H]1[C@@H](O[C@@H]2O[C@H](CO)[C@@H](O)[C@H](O[C@@H]3O[C@H](CO)[C@H](O)[C@H](O[C@@H]4O[C@H](CO)[C@@H](O)[C@H](O[C@@H]5O[C@H](CO)[C@H](O)[C@H](O)[C@H]5O[C@@H]5O[C@@H](C)[C@@H](O)[C@@H](O)[C@@H]5O)[C@H]4NC(C)=O)[C@H]3O)[C@H]2NC(C)=O)[C@@H](O)[C@@H](CO)O[C@@H]1O. The van der Waals surface area contributed by atoms with E-state index in [1.807, 2.05) is 0 Å². The number of ether oxygens (including phenoxy) is 11. The third-order valence-electron chi connectivity index (χ3n) is 13.6. The third-order valence-corrected chi connectivity index (χ3v) is 13.6. The average Bonchev–Trinajstić information content (AvgIpc) is 3.36. The Labute approximate surface area is 426 Å². The number of aliphatic hydroxyl groups excluding tert-OH is 16.